The van der Waals surface area contributed by atoms with Crippen molar-refractivity contribution in [2.75, 3.05) is 20.3 Å². The summed E-state index contributed by atoms with van der Waals surface area (Å²) in [4.78, 5) is 42.1. The molecule has 1 atom stereocenters. The van der Waals surface area contributed by atoms with E-state index in [4.69, 9.17) is 18.9 Å². The van der Waals surface area contributed by atoms with Crippen molar-refractivity contribution in [1.29, 1.82) is 0 Å². The van der Waals surface area contributed by atoms with E-state index < -0.39 is 16.9 Å². The van der Waals surface area contributed by atoms with Gasteiger partial charge in [-0.25, -0.2) is 9.79 Å². The number of aromatic nitrogens is 1. The summed E-state index contributed by atoms with van der Waals surface area (Å²) < 4.78 is 25.3. The molecule has 13 heteroatoms. The lowest BCUT2D eigenvalue weighted by molar-refractivity contribution is -0.384. The van der Waals surface area contributed by atoms with Gasteiger partial charge in [0.25, 0.3) is 11.2 Å². The Kier molecular flexibility index (Phi) is 9.98. The number of carbonyl (C=O) groups excluding carboxylic acids is 1. The summed E-state index contributed by atoms with van der Waals surface area (Å²) in [5.41, 5.74) is 2.14. The van der Waals surface area contributed by atoms with Crippen LogP contribution in [0.25, 0.3) is 6.08 Å². The molecule has 0 spiro atoms. The molecule has 0 saturated carbocycles. The Hall–Kier alpha value is -4.50. The number of hydrogen-bond acceptors (Lipinski definition) is 10. The van der Waals surface area contributed by atoms with Crippen LogP contribution < -0.4 is 29.1 Å². The fraction of sp³-hybridized carbons (Fsp3) is 0.219. The molecule has 3 aromatic carbocycles. The SMILES string of the molecule is CCOc1ccc([C@@H]2C(C(=O)OC)=CN=c3s/c(=C\c4ccc(OCc5ccc([N+](=O)[O-])cc5)c(I)c4)c(=O)n32)cc1OCC. The van der Waals surface area contributed by atoms with Crippen molar-refractivity contribution in [2.24, 2.45) is 4.99 Å². The highest BCUT2D eigenvalue weighted by atomic mass is 127. The molecule has 0 saturated heterocycles. The molecule has 1 aliphatic heterocycles. The zero-order valence-corrected chi connectivity index (χ0v) is 27.5. The number of hydrogen-bond donors (Lipinski definition) is 0. The number of esters is 1. The van der Waals surface area contributed by atoms with Crippen LogP contribution in [0.1, 0.15) is 36.6 Å². The molecule has 5 rings (SSSR count). The molecule has 45 heavy (non-hydrogen) atoms. The van der Waals surface area contributed by atoms with Gasteiger partial charge in [0.15, 0.2) is 16.3 Å². The molecule has 1 aliphatic rings. The highest BCUT2D eigenvalue weighted by molar-refractivity contribution is 14.1. The van der Waals surface area contributed by atoms with Crippen LogP contribution in [0.3, 0.4) is 0 Å². The zero-order chi connectivity index (χ0) is 32.1. The third kappa shape index (κ3) is 6.93. The Morgan fingerprint density at radius 1 is 1.02 bits per heavy atom. The third-order valence-corrected chi connectivity index (χ3v) is 8.64. The minimum atomic E-state index is -0.791. The maximum Gasteiger partial charge on any atom is 0.337 e. The number of nitro benzene ring substituents is 1. The third-order valence-electron chi connectivity index (χ3n) is 6.80. The van der Waals surface area contributed by atoms with E-state index >= 15 is 0 Å². The molecule has 11 nitrogen and oxygen atoms in total. The van der Waals surface area contributed by atoms with Crippen LogP contribution >= 0.6 is 33.9 Å². The Morgan fingerprint density at radius 3 is 2.40 bits per heavy atom. The van der Waals surface area contributed by atoms with Gasteiger partial charge in [-0.2, -0.15) is 0 Å². The molecule has 1 aromatic heterocycles. The number of non-ortho nitro benzene ring substituents is 1. The summed E-state index contributed by atoms with van der Waals surface area (Å²) in [7, 11) is 1.29. The monoisotopic (exact) mass is 741 g/mol. The quantitative estimate of drug-likeness (QED) is 0.0918. The van der Waals surface area contributed by atoms with Crippen LogP contribution in [0.15, 0.2) is 82.2 Å². The highest BCUT2D eigenvalue weighted by Crippen LogP contribution is 2.35. The molecular weight excluding hydrogens is 713 g/mol. The maximum absolute atomic E-state index is 13.9. The van der Waals surface area contributed by atoms with Crippen LogP contribution in [-0.4, -0.2) is 35.8 Å². The van der Waals surface area contributed by atoms with Crippen molar-refractivity contribution in [3.05, 3.63) is 122 Å². The van der Waals surface area contributed by atoms with Gasteiger partial charge in [0.2, 0.25) is 0 Å². The van der Waals surface area contributed by atoms with Crippen LogP contribution in [0.2, 0.25) is 0 Å². The second-order valence-electron chi connectivity index (χ2n) is 9.65. The number of halogens is 1. The lowest BCUT2D eigenvalue weighted by Crippen LogP contribution is -2.39. The molecule has 0 radical (unpaired) electrons. The number of thiazole rings is 1. The zero-order valence-electron chi connectivity index (χ0n) is 24.5. The molecule has 0 bridgehead atoms. The largest absolute Gasteiger partial charge is 0.490 e. The molecule has 4 aromatic rings. The smallest absolute Gasteiger partial charge is 0.337 e. The summed E-state index contributed by atoms with van der Waals surface area (Å²) in [5, 5.41) is 10.9. The summed E-state index contributed by atoms with van der Waals surface area (Å²) in [6, 6.07) is 16.3. The average molecular weight is 742 g/mol. The molecule has 0 aliphatic carbocycles. The van der Waals surface area contributed by atoms with E-state index in [0.29, 0.717) is 45.4 Å². The lowest BCUT2D eigenvalue weighted by Gasteiger charge is -2.23. The van der Waals surface area contributed by atoms with E-state index in [1.807, 2.05) is 32.0 Å². The van der Waals surface area contributed by atoms with E-state index in [2.05, 4.69) is 27.6 Å². The normalized spacial score (nSPS) is 14.2. The van der Waals surface area contributed by atoms with Gasteiger partial charge < -0.3 is 18.9 Å². The highest BCUT2D eigenvalue weighted by Gasteiger charge is 2.31. The first-order chi connectivity index (χ1) is 21.7. The minimum Gasteiger partial charge on any atom is -0.490 e. The number of fused-ring (bicyclic) bond motifs is 1. The van der Waals surface area contributed by atoms with Crippen LogP contribution in [0.5, 0.6) is 17.2 Å². The van der Waals surface area contributed by atoms with Crippen molar-refractivity contribution in [3.63, 3.8) is 0 Å². The summed E-state index contributed by atoms with van der Waals surface area (Å²) in [6.07, 6.45) is 3.22. The minimum absolute atomic E-state index is 0.0190. The summed E-state index contributed by atoms with van der Waals surface area (Å²) in [5.74, 6) is 1.11. The van der Waals surface area contributed by atoms with Gasteiger partial charge >= 0.3 is 5.97 Å². The molecule has 0 N–H and O–H groups in total. The van der Waals surface area contributed by atoms with E-state index in [1.54, 1.807) is 36.4 Å². The first-order valence-corrected chi connectivity index (χ1v) is 15.8. The first kappa shape index (κ1) is 31.9. The molecule has 0 fully saturated rings. The Labute approximate surface area is 275 Å². The first-order valence-electron chi connectivity index (χ1n) is 13.9. The van der Waals surface area contributed by atoms with Crippen molar-refractivity contribution < 1.29 is 28.7 Å². The van der Waals surface area contributed by atoms with Crippen molar-refractivity contribution >= 4 is 51.7 Å². The van der Waals surface area contributed by atoms with Crippen LogP contribution in [0, 0.1) is 13.7 Å². The fourth-order valence-electron chi connectivity index (χ4n) is 4.74. The molecule has 0 amide bonds. The number of benzene rings is 3. The number of methoxy groups -OCH3 is 1. The maximum atomic E-state index is 13.9. The number of ether oxygens (including phenoxy) is 4. The van der Waals surface area contributed by atoms with Gasteiger partial charge in [-0.15, -0.1) is 0 Å². The number of nitrogens with zero attached hydrogens (tertiary/aromatic N) is 3. The predicted octanol–water partition coefficient (Wildman–Crippen LogP) is 4.91. The predicted molar refractivity (Wildman–Crippen MR) is 177 cm³/mol. The van der Waals surface area contributed by atoms with Gasteiger partial charge in [0.1, 0.15) is 12.4 Å². The average Bonchev–Trinajstić information content (AvgIpc) is 3.35. The molecule has 0 unspecified atom stereocenters. The summed E-state index contributed by atoms with van der Waals surface area (Å²) in [6.45, 7) is 4.85. The molecule has 2 heterocycles. The van der Waals surface area contributed by atoms with Gasteiger partial charge in [-0.1, -0.05) is 23.5 Å². The second-order valence-corrected chi connectivity index (χ2v) is 11.8. The fourth-order valence-corrected chi connectivity index (χ4v) is 6.40. The van der Waals surface area contributed by atoms with Gasteiger partial charge in [0.05, 0.1) is 45.0 Å². The van der Waals surface area contributed by atoms with Gasteiger partial charge in [-0.05, 0) is 95.6 Å². The molecule has 232 valence electrons. The second kappa shape index (κ2) is 14.1. The standard InChI is InChI=1S/C32H28IN3O8S/c1-4-42-26-13-9-21(16-27(26)43-5-2)29-23(31(38)41-3)17-34-32-35(29)30(37)28(45-32)15-20-8-12-25(24(33)14-20)44-18-19-6-10-22(11-7-19)36(39)40/h6-17,29H,4-5,18H2,1-3H3/b28-15-/t29-/m1/s1. The van der Waals surface area contributed by atoms with Gasteiger partial charge in [0, 0.05) is 18.3 Å². The van der Waals surface area contributed by atoms with Gasteiger partial charge in [-0.3, -0.25) is 19.5 Å². The van der Waals surface area contributed by atoms with E-state index in [9.17, 15) is 19.7 Å². The lowest BCUT2D eigenvalue weighted by atomic mass is 9.97. The topological polar surface area (TPSA) is 131 Å². The van der Waals surface area contributed by atoms with Crippen molar-refractivity contribution in [3.8, 4) is 17.2 Å². The van der Waals surface area contributed by atoms with Crippen LogP contribution in [-0.2, 0) is 16.1 Å². The van der Waals surface area contributed by atoms with Crippen molar-refractivity contribution in [2.45, 2.75) is 26.5 Å². The van der Waals surface area contributed by atoms with Crippen molar-refractivity contribution in [1.82, 2.24) is 4.57 Å². The number of rotatable bonds is 11. The summed E-state index contributed by atoms with van der Waals surface area (Å²) >= 11 is 3.38. The Bertz CT molecular complexity index is 1970. The number of carbonyl (C=O) groups is 1. The Balaban J connectivity index is 1.48. The number of nitro groups is 1. The Morgan fingerprint density at radius 2 is 1.73 bits per heavy atom. The van der Waals surface area contributed by atoms with E-state index in [0.717, 1.165) is 14.7 Å². The molecular formula is C32H28IN3O8S. The van der Waals surface area contributed by atoms with E-state index in [-0.39, 0.29) is 23.4 Å². The van der Waals surface area contributed by atoms with Crippen LogP contribution in [0.4, 0.5) is 5.69 Å². The van der Waals surface area contributed by atoms with E-state index in [1.165, 1.54) is 41.3 Å².